The number of methoxy groups -OCH3 is 1. The number of carbonyl (C=O) groups is 1. The van der Waals surface area contributed by atoms with Crippen molar-refractivity contribution in [2.75, 3.05) is 24.2 Å². The molecular formula is C20H26N2O4S. The number of ether oxygens (including phenoxy) is 1. The second kappa shape index (κ2) is 9.41. The lowest BCUT2D eigenvalue weighted by Gasteiger charge is -2.24. The zero-order chi connectivity index (χ0) is 19.9. The summed E-state index contributed by atoms with van der Waals surface area (Å²) in [5.74, 6) is 0.0414. The van der Waals surface area contributed by atoms with E-state index in [4.69, 9.17) is 4.74 Å². The van der Waals surface area contributed by atoms with Gasteiger partial charge in [0.1, 0.15) is 12.3 Å². The Morgan fingerprint density at radius 2 is 1.74 bits per heavy atom. The SMILES string of the molecule is COc1ccccc1N(CC(=O)N[C@@H](C)CCc1ccccc1)S(C)(=O)=O. The van der Waals surface area contributed by atoms with Crippen molar-refractivity contribution in [1.29, 1.82) is 0 Å². The summed E-state index contributed by atoms with van der Waals surface area (Å²) in [5.41, 5.74) is 1.54. The van der Waals surface area contributed by atoms with Crippen molar-refractivity contribution in [3.63, 3.8) is 0 Å². The Balaban J connectivity index is 2.01. The Labute approximate surface area is 161 Å². The van der Waals surface area contributed by atoms with Gasteiger partial charge in [0.05, 0.1) is 19.1 Å². The number of para-hydroxylation sites is 2. The van der Waals surface area contributed by atoms with Crippen LogP contribution in [-0.2, 0) is 21.2 Å². The van der Waals surface area contributed by atoms with Crippen LogP contribution in [0, 0.1) is 0 Å². The van der Waals surface area contributed by atoms with Gasteiger partial charge in [-0.15, -0.1) is 0 Å². The molecule has 0 heterocycles. The number of nitrogens with one attached hydrogen (secondary N) is 1. The summed E-state index contributed by atoms with van der Waals surface area (Å²) in [6, 6.07) is 16.7. The fraction of sp³-hybridized carbons (Fsp3) is 0.350. The number of carbonyl (C=O) groups excluding carboxylic acids is 1. The molecule has 6 nitrogen and oxygen atoms in total. The van der Waals surface area contributed by atoms with Gasteiger partial charge in [0.2, 0.25) is 15.9 Å². The number of nitrogens with zero attached hydrogens (tertiary/aromatic N) is 1. The lowest BCUT2D eigenvalue weighted by molar-refractivity contribution is -0.120. The van der Waals surface area contributed by atoms with Crippen LogP contribution in [-0.4, -0.2) is 40.3 Å². The van der Waals surface area contributed by atoms with Crippen LogP contribution < -0.4 is 14.4 Å². The second-order valence-electron chi connectivity index (χ2n) is 6.43. The van der Waals surface area contributed by atoms with Gasteiger partial charge >= 0.3 is 0 Å². The van der Waals surface area contributed by atoms with Gasteiger partial charge in [0.25, 0.3) is 0 Å². The van der Waals surface area contributed by atoms with Crippen molar-refractivity contribution in [1.82, 2.24) is 5.32 Å². The van der Waals surface area contributed by atoms with E-state index in [1.807, 2.05) is 37.3 Å². The fourth-order valence-electron chi connectivity index (χ4n) is 2.77. The zero-order valence-electron chi connectivity index (χ0n) is 15.9. The summed E-state index contributed by atoms with van der Waals surface area (Å²) in [5, 5.41) is 2.87. The van der Waals surface area contributed by atoms with Crippen molar-refractivity contribution >= 4 is 21.6 Å². The van der Waals surface area contributed by atoms with Gasteiger partial charge < -0.3 is 10.1 Å². The molecule has 0 spiro atoms. The number of sulfonamides is 1. The summed E-state index contributed by atoms with van der Waals surface area (Å²) < 4.78 is 30.7. The first-order valence-corrected chi connectivity index (χ1v) is 10.6. The molecule has 27 heavy (non-hydrogen) atoms. The van der Waals surface area contributed by atoms with Crippen LogP contribution in [0.15, 0.2) is 54.6 Å². The summed E-state index contributed by atoms with van der Waals surface area (Å²) in [7, 11) is -2.18. The maximum Gasteiger partial charge on any atom is 0.240 e. The smallest absolute Gasteiger partial charge is 0.240 e. The first kappa shape index (κ1) is 20.8. The van der Waals surface area contributed by atoms with Gasteiger partial charge in [-0.2, -0.15) is 0 Å². The van der Waals surface area contributed by atoms with E-state index in [0.717, 1.165) is 23.4 Å². The third-order valence-corrected chi connectivity index (χ3v) is 5.28. The summed E-state index contributed by atoms with van der Waals surface area (Å²) >= 11 is 0. The molecule has 0 aliphatic rings. The van der Waals surface area contributed by atoms with E-state index in [2.05, 4.69) is 5.32 Å². The number of benzene rings is 2. The molecule has 7 heteroatoms. The van der Waals surface area contributed by atoms with Crippen LogP contribution in [0.25, 0.3) is 0 Å². The molecule has 146 valence electrons. The van der Waals surface area contributed by atoms with Gasteiger partial charge in [-0.05, 0) is 37.5 Å². The Morgan fingerprint density at radius 1 is 1.11 bits per heavy atom. The van der Waals surface area contributed by atoms with Crippen molar-refractivity contribution in [2.45, 2.75) is 25.8 Å². The molecule has 0 radical (unpaired) electrons. The maximum atomic E-state index is 12.4. The van der Waals surface area contributed by atoms with Crippen molar-refractivity contribution in [3.8, 4) is 5.75 Å². The molecule has 0 fully saturated rings. The molecule has 0 bridgehead atoms. The van der Waals surface area contributed by atoms with E-state index < -0.39 is 10.0 Å². The highest BCUT2D eigenvalue weighted by Gasteiger charge is 2.24. The highest BCUT2D eigenvalue weighted by molar-refractivity contribution is 7.92. The highest BCUT2D eigenvalue weighted by Crippen LogP contribution is 2.29. The Morgan fingerprint density at radius 3 is 2.37 bits per heavy atom. The number of rotatable bonds is 9. The predicted octanol–water partition coefficient (Wildman–Crippen LogP) is 2.60. The molecule has 0 aromatic heterocycles. The quantitative estimate of drug-likeness (QED) is 0.714. The highest BCUT2D eigenvalue weighted by atomic mass is 32.2. The molecule has 0 saturated carbocycles. The average Bonchev–Trinajstić information content (AvgIpc) is 2.64. The lowest BCUT2D eigenvalue weighted by Crippen LogP contribution is -2.43. The number of hydrogen-bond donors (Lipinski definition) is 1. The van der Waals surface area contributed by atoms with Gasteiger partial charge in [0.15, 0.2) is 0 Å². The van der Waals surface area contributed by atoms with E-state index in [9.17, 15) is 13.2 Å². The first-order chi connectivity index (χ1) is 12.8. The molecule has 0 unspecified atom stereocenters. The van der Waals surface area contributed by atoms with E-state index in [0.29, 0.717) is 11.4 Å². The van der Waals surface area contributed by atoms with Crippen LogP contribution in [0.1, 0.15) is 18.9 Å². The molecule has 1 atom stereocenters. The second-order valence-corrected chi connectivity index (χ2v) is 8.34. The predicted molar refractivity (Wildman–Crippen MR) is 108 cm³/mol. The van der Waals surface area contributed by atoms with Gasteiger partial charge in [0, 0.05) is 6.04 Å². The number of amides is 1. The molecule has 0 aliphatic heterocycles. The molecule has 1 N–H and O–H groups in total. The van der Waals surface area contributed by atoms with Crippen LogP contribution in [0.5, 0.6) is 5.75 Å². The van der Waals surface area contributed by atoms with Crippen LogP contribution in [0.2, 0.25) is 0 Å². The lowest BCUT2D eigenvalue weighted by atomic mass is 10.1. The number of anilines is 1. The zero-order valence-corrected chi connectivity index (χ0v) is 16.7. The van der Waals surface area contributed by atoms with Gasteiger partial charge in [-0.1, -0.05) is 42.5 Å². The molecule has 0 saturated heterocycles. The van der Waals surface area contributed by atoms with E-state index in [1.54, 1.807) is 24.3 Å². The Kier molecular flexibility index (Phi) is 7.24. The van der Waals surface area contributed by atoms with Crippen molar-refractivity contribution in [2.24, 2.45) is 0 Å². The minimum Gasteiger partial charge on any atom is -0.495 e. The maximum absolute atomic E-state index is 12.4. The molecule has 2 rings (SSSR count). The third-order valence-electron chi connectivity index (χ3n) is 4.16. The van der Waals surface area contributed by atoms with Gasteiger partial charge in [-0.25, -0.2) is 8.42 Å². The van der Waals surface area contributed by atoms with Crippen molar-refractivity contribution in [3.05, 3.63) is 60.2 Å². The molecule has 0 aliphatic carbocycles. The third kappa shape index (κ3) is 6.29. The van der Waals surface area contributed by atoms with Crippen LogP contribution in [0.4, 0.5) is 5.69 Å². The minimum atomic E-state index is -3.64. The summed E-state index contributed by atoms with van der Waals surface area (Å²) in [4.78, 5) is 12.4. The molecule has 2 aromatic carbocycles. The molecular weight excluding hydrogens is 364 g/mol. The number of hydrogen-bond acceptors (Lipinski definition) is 4. The Hall–Kier alpha value is -2.54. The van der Waals surface area contributed by atoms with E-state index >= 15 is 0 Å². The summed E-state index contributed by atoms with van der Waals surface area (Å²) in [6.45, 7) is 1.61. The largest absolute Gasteiger partial charge is 0.495 e. The number of aryl methyl sites for hydroxylation is 1. The topological polar surface area (TPSA) is 75.7 Å². The van der Waals surface area contributed by atoms with Crippen molar-refractivity contribution < 1.29 is 17.9 Å². The van der Waals surface area contributed by atoms with Crippen LogP contribution in [0.3, 0.4) is 0 Å². The molecule has 1 amide bonds. The van der Waals surface area contributed by atoms with Gasteiger partial charge in [-0.3, -0.25) is 9.10 Å². The average molecular weight is 391 g/mol. The van der Waals surface area contributed by atoms with Crippen LogP contribution >= 0.6 is 0 Å². The molecule has 2 aromatic rings. The monoisotopic (exact) mass is 390 g/mol. The summed E-state index contributed by atoms with van der Waals surface area (Å²) in [6.07, 6.45) is 2.68. The van der Waals surface area contributed by atoms with E-state index in [-0.39, 0.29) is 18.5 Å². The standard InChI is InChI=1S/C20H26N2O4S/c1-16(13-14-17-9-5-4-6-10-17)21-20(23)15-22(27(3,24)25)18-11-7-8-12-19(18)26-2/h4-12,16H,13-15H2,1-3H3,(H,21,23)/t16-/m0/s1. The normalized spacial score (nSPS) is 12.3. The first-order valence-electron chi connectivity index (χ1n) is 8.75. The fourth-order valence-corrected chi connectivity index (χ4v) is 3.63. The minimum absolute atomic E-state index is 0.0724. The Bertz CT molecular complexity index is 853. The van der Waals surface area contributed by atoms with E-state index in [1.165, 1.54) is 12.7 Å².